The van der Waals surface area contributed by atoms with Crippen molar-refractivity contribution in [1.82, 2.24) is 34.7 Å². The molecule has 1 aliphatic heterocycles. The Morgan fingerprint density at radius 1 is 1.41 bits per heavy atom. The Hall–Kier alpha value is -1.80. The minimum absolute atomic E-state index is 0.541. The van der Waals surface area contributed by atoms with Gasteiger partial charge < -0.3 is 4.52 Å². The summed E-state index contributed by atoms with van der Waals surface area (Å²) < 4.78 is 7.04. The van der Waals surface area contributed by atoms with Gasteiger partial charge in [-0.15, -0.1) is 0 Å². The van der Waals surface area contributed by atoms with Crippen molar-refractivity contribution in [2.45, 2.75) is 38.9 Å². The number of rotatable bonds is 7. The van der Waals surface area contributed by atoms with Gasteiger partial charge >= 0.3 is 0 Å². The molecule has 0 saturated carbocycles. The summed E-state index contributed by atoms with van der Waals surface area (Å²) in [5, 5.41) is 8.17. The zero-order valence-electron chi connectivity index (χ0n) is 13.2. The van der Waals surface area contributed by atoms with Crippen molar-refractivity contribution < 1.29 is 4.52 Å². The molecule has 0 amide bonds. The van der Waals surface area contributed by atoms with Crippen LogP contribution in [0.1, 0.15) is 25.1 Å². The van der Waals surface area contributed by atoms with Gasteiger partial charge in [0.05, 0.1) is 13.1 Å². The number of likely N-dealkylation sites (N-methyl/N-ethyl adjacent to an activating group) is 1. The number of hydrogen-bond donors (Lipinski definition) is 0. The maximum absolute atomic E-state index is 5.16. The lowest BCUT2D eigenvalue weighted by Crippen LogP contribution is -2.35. The van der Waals surface area contributed by atoms with E-state index in [0.717, 1.165) is 45.0 Å². The van der Waals surface area contributed by atoms with E-state index >= 15 is 0 Å². The SMILES string of the molecule is CCc1nc(CN(C)[C@@H]2CCN(CCn3cncn3)C2)no1. The Kier molecular flexibility index (Phi) is 4.79. The van der Waals surface area contributed by atoms with Gasteiger partial charge in [-0.2, -0.15) is 10.1 Å². The molecular formula is C14H23N7O. The summed E-state index contributed by atoms with van der Waals surface area (Å²) in [6, 6.07) is 0.541. The normalized spacial score (nSPS) is 19.3. The van der Waals surface area contributed by atoms with Crippen LogP contribution < -0.4 is 0 Å². The molecule has 120 valence electrons. The number of hydrogen-bond acceptors (Lipinski definition) is 7. The molecule has 2 aromatic heterocycles. The van der Waals surface area contributed by atoms with Crippen molar-refractivity contribution in [2.24, 2.45) is 0 Å². The Labute approximate surface area is 130 Å². The summed E-state index contributed by atoms with van der Waals surface area (Å²) in [5.41, 5.74) is 0. The van der Waals surface area contributed by atoms with E-state index in [9.17, 15) is 0 Å². The monoisotopic (exact) mass is 305 g/mol. The molecule has 1 atom stereocenters. The average Bonchev–Trinajstić information content (AvgIpc) is 3.26. The number of nitrogens with zero attached hydrogens (tertiary/aromatic N) is 7. The lowest BCUT2D eigenvalue weighted by Gasteiger charge is -2.23. The summed E-state index contributed by atoms with van der Waals surface area (Å²) in [7, 11) is 2.13. The maximum atomic E-state index is 5.16. The largest absolute Gasteiger partial charge is 0.339 e. The first kappa shape index (κ1) is 15.1. The molecule has 3 rings (SSSR count). The summed E-state index contributed by atoms with van der Waals surface area (Å²) in [4.78, 5) is 13.1. The Balaban J connectivity index is 1.45. The van der Waals surface area contributed by atoms with Gasteiger partial charge in [0.1, 0.15) is 12.7 Å². The zero-order valence-corrected chi connectivity index (χ0v) is 13.2. The summed E-state index contributed by atoms with van der Waals surface area (Å²) >= 11 is 0. The molecular weight excluding hydrogens is 282 g/mol. The minimum Gasteiger partial charge on any atom is -0.339 e. The van der Waals surface area contributed by atoms with Gasteiger partial charge in [0, 0.05) is 25.6 Å². The van der Waals surface area contributed by atoms with Crippen molar-refractivity contribution in [1.29, 1.82) is 0 Å². The predicted octanol–water partition coefficient (Wildman–Crippen LogP) is 0.430. The lowest BCUT2D eigenvalue weighted by atomic mass is 10.2. The van der Waals surface area contributed by atoms with Crippen LogP contribution in [0, 0.1) is 0 Å². The first-order valence-corrected chi connectivity index (χ1v) is 7.81. The minimum atomic E-state index is 0.541. The van der Waals surface area contributed by atoms with Gasteiger partial charge in [-0.1, -0.05) is 12.1 Å². The molecule has 0 aliphatic carbocycles. The standard InChI is InChI=1S/C14H23N7O/c1-3-14-17-13(18-22-14)9-19(2)12-4-5-20(8-12)6-7-21-11-15-10-16-21/h10-12H,3-9H2,1-2H3/t12-/m1/s1. The van der Waals surface area contributed by atoms with Crippen LogP contribution in [0.3, 0.4) is 0 Å². The fourth-order valence-electron chi connectivity index (χ4n) is 2.82. The second kappa shape index (κ2) is 6.97. The molecule has 0 aromatic carbocycles. The van der Waals surface area contributed by atoms with Gasteiger partial charge in [-0.3, -0.25) is 14.5 Å². The van der Waals surface area contributed by atoms with E-state index in [0.29, 0.717) is 11.9 Å². The fourth-order valence-corrected chi connectivity index (χ4v) is 2.82. The number of aromatic nitrogens is 5. The molecule has 1 fully saturated rings. The highest BCUT2D eigenvalue weighted by Gasteiger charge is 2.26. The number of aryl methyl sites for hydroxylation is 1. The van der Waals surface area contributed by atoms with E-state index in [1.807, 2.05) is 11.6 Å². The summed E-state index contributed by atoms with van der Waals surface area (Å²) in [6.45, 7) is 6.85. The van der Waals surface area contributed by atoms with Gasteiger partial charge in [0.2, 0.25) is 5.89 Å². The highest BCUT2D eigenvalue weighted by atomic mass is 16.5. The third kappa shape index (κ3) is 3.69. The van der Waals surface area contributed by atoms with Crippen LogP contribution in [0.5, 0.6) is 0 Å². The van der Waals surface area contributed by atoms with Crippen molar-refractivity contribution in [2.75, 3.05) is 26.7 Å². The van der Waals surface area contributed by atoms with Crippen LogP contribution in [0.25, 0.3) is 0 Å². The summed E-state index contributed by atoms with van der Waals surface area (Å²) in [6.07, 6.45) is 5.31. The van der Waals surface area contributed by atoms with E-state index in [2.05, 4.69) is 37.1 Å². The Morgan fingerprint density at radius 3 is 3.05 bits per heavy atom. The smallest absolute Gasteiger partial charge is 0.226 e. The van der Waals surface area contributed by atoms with Crippen LogP contribution in [0.4, 0.5) is 0 Å². The number of likely N-dealkylation sites (tertiary alicyclic amines) is 1. The van der Waals surface area contributed by atoms with Crippen molar-refractivity contribution >= 4 is 0 Å². The summed E-state index contributed by atoms with van der Waals surface area (Å²) in [5.74, 6) is 1.49. The van der Waals surface area contributed by atoms with Gasteiger partial charge in [-0.05, 0) is 20.0 Å². The van der Waals surface area contributed by atoms with Crippen LogP contribution >= 0.6 is 0 Å². The Morgan fingerprint density at radius 2 is 2.32 bits per heavy atom. The van der Waals surface area contributed by atoms with Crippen LogP contribution in [0.2, 0.25) is 0 Å². The first-order valence-electron chi connectivity index (χ1n) is 7.81. The maximum Gasteiger partial charge on any atom is 0.226 e. The molecule has 8 nitrogen and oxygen atoms in total. The second-order valence-corrected chi connectivity index (χ2v) is 5.77. The molecule has 1 aliphatic rings. The van der Waals surface area contributed by atoms with Crippen molar-refractivity contribution in [3.8, 4) is 0 Å². The topological polar surface area (TPSA) is 76.1 Å². The average molecular weight is 305 g/mol. The van der Waals surface area contributed by atoms with Crippen LogP contribution in [-0.4, -0.2) is 67.4 Å². The molecule has 0 N–H and O–H groups in total. The van der Waals surface area contributed by atoms with E-state index in [1.54, 1.807) is 12.7 Å². The highest BCUT2D eigenvalue weighted by molar-refractivity contribution is 4.89. The third-order valence-electron chi connectivity index (χ3n) is 4.19. The Bertz CT molecular complexity index is 568. The zero-order chi connectivity index (χ0) is 15.4. The van der Waals surface area contributed by atoms with E-state index < -0.39 is 0 Å². The van der Waals surface area contributed by atoms with Crippen LogP contribution in [-0.2, 0) is 19.5 Å². The molecule has 1 saturated heterocycles. The molecule has 0 bridgehead atoms. The van der Waals surface area contributed by atoms with Crippen LogP contribution in [0.15, 0.2) is 17.2 Å². The van der Waals surface area contributed by atoms with E-state index in [-0.39, 0.29) is 0 Å². The molecule has 2 aromatic rings. The highest BCUT2D eigenvalue weighted by Crippen LogP contribution is 2.16. The third-order valence-corrected chi connectivity index (χ3v) is 4.19. The second-order valence-electron chi connectivity index (χ2n) is 5.77. The predicted molar refractivity (Wildman–Crippen MR) is 80.0 cm³/mol. The fraction of sp³-hybridized carbons (Fsp3) is 0.714. The lowest BCUT2D eigenvalue weighted by molar-refractivity contribution is 0.215. The first-order chi connectivity index (χ1) is 10.7. The molecule has 8 heteroatoms. The molecule has 0 spiro atoms. The molecule has 0 unspecified atom stereocenters. The molecule has 22 heavy (non-hydrogen) atoms. The quantitative estimate of drug-likeness (QED) is 0.734. The van der Waals surface area contributed by atoms with Gasteiger partial charge in [0.25, 0.3) is 0 Å². The van der Waals surface area contributed by atoms with Gasteiger partial charge in [-0.25, -0.2) is 4.98 Å². The van der Waals surface area contributed by atoms with Crippen molar-refractivity contribution in [3.63, 3.8) is 0 Å². The van der Waals surface area contributed by atoms with Gasteiger partial charge in [0.15, 0.2) is 5.82 Å². The molecule has 3 heterocycles. The van der Waals surface area contributed by atoms with E-state index in [4.69, 9.17) is 4.52 Å². The van der Waals surface area contributed by atoms with Crippen molar-refractivity contribution in [3.05, 3.63) is 24.4 Å². The molecule has 0 radical (unpaired) electrons. The van der Waals surface area contributed by atoms with E-state index in [1.165, 1.54) is 6.42 Å².